The first-order valence-electron chi connectivity index (χ1n) is 7.69. The van der Waals surface area contributed by atoms with Crippen molar-refractivity contribution in [1.82, 2.24) is 20.6 Å². The maximum Gasteiger partial charge on any atom is 0.191 e. The van der Waals surface area contributed by atoms with Crippen LogP contribution in [0.3, 0.4) is 0 Å². The number of hydrogen-bond acceptors (Lipinski definition) is 3. The fraction of sp³-hybridized carbons (Fsp3) is 0.353. The number of guanidine groups is 1. The second-order valence-electron chi connectivity index (χ2n) is 4.87. The highest BCUT2D eigenvalue weighted by molar-refractivity contribution is 5.79. The Hall–Kier alpha value is -2.43. The van der Waals surface area contributed by atoms with Gasteiger partial charge in [-0.2, -0.15) is 0 Å². The van der Waals surface area contributed by atoms with Crippen molar-refractivity contribution in [3.05, 3.63) is 60.2 Å². The Bertz CT molecular complexity index is 554. The van der Waals surface area contributed by atoms with Gasteiger partial charge in [0, 0.05) is 50.3 Å². The summed E-state index contributed by atoms with van der Waals surface area (Å²) in [4.78, 5) is 13.0. The Labute approximate surface area is 131 Å². The van der Waals surface area contributed by atoms with Crippen molar-refractivity contribution in [3.8, 4) is 0 Å². The molecule has 2 aromatic rings. The van der Waals surface area contributed by atoms with E-state index < -0.39 is 0 Å². The minimum absolute atomic E-state index is 0.721. The molecule has 0 fully saturated rings. The van der Waals surface area contributed by atoms with Gasteiger partial charge in [-0.15, -0.1) is 0 Å². The highest BCUT2D eigenvalue weighted by Gasteiger charge is 1.98. The highest BCUT2D eigenvalue weighted by Crippen LogP contribution is 1.96. The molecule has 0 amide bonds. The highest BCUT2D eigenvalue weighted by atomic mass is 15.2. The van der Waals surface area contributed by atoms with Crippen molar-refractivity contribution in [2.24, 2.45) is 4.99 Å². The van der Waals surface area contributed by atoms with Gasteiger partial charge in [-0.25, -0.2) is 0 Å². The van der Waals surface area contributed by atoms with E-state index in [4.69, 9.17) is 0 Å². The number of nitrogens with one attached hydrogen (secondary N) is 2. The van der Waals surface area contributed by atoms with Crippen molar-refractivity contribution in [3.63, 3.8) is 0 Å². The minimum atomic E-state index is 0.721. The molecule has 0 radical (unpaired) electrons. The van der Waals surface area contributed by atoms with Crippen molar-refractivity contribution in [1.29, 1.82) is 0 Å². The predicted molar refractivity (Wildman–Crippen MR) is 89.9 cm³/mol. The molecular weight excluding hydrogens is 274 g/mol. The molecule has 22 heavy (non-hydrogen) atoms. The van der Waals surface area contributed by atoms with E-state index in [-0.39, 0.29) is 0 Å². The molecular formula is C17H23N5. The van der Waals surface area contributed by atoms with E-state index in [0.717, 1.165) is 44.1 Å². The third-order valence-electron chi connectivity index (χ3n) is 3.14. The largest absolute Gasteiger partial charge is 0.357 e. The van der Waals surface area contributed by atoms with Gasteiger partial charge < -0.3 is 10.6 Å². The summed E-state index contributed by atoms with van der Waals surface area (Å²) in [7, 11) is 0. The molecule has 0 saturated carbocycles. The van der Waals surface area contributed by atoms with Crippen LogP contribution in [-0.2, 0) is 12.8 Å². The average molecular weight is 297 g/mol. The van der Waals surface area contributed by atoms with Gasteiger partial charge in [0.2, 0.25) is 0 Å². The van der Waals surface area contributed by atoms with Crippen LogP contribution in [0.1, 0.15) is 18.2 Å². The average Bonchev–Trinajstić information content (AvgIpc) is 2.57. The second-order valence-corrected chi connectivity index (χ2v) is 4.87. The lowest BCUT2D eigenvalue weighted by Crippen LogP contribution is -2.38. The van der Waals surface area contributed by atoms with Crippen LogP contribution in [0, 0.1) is 0 Å². The predicted octanol–water partition coefficient (Wildman–Crippen LogP) is 1.82. The van der Waals surface area contributed by atoms with Crippen LogP contribution >= 0.6 is 0 Å². The summed E-state index contributed by atoms with van der Waals surface area (Å²) in [6, 6.07) is 10.00. The van der Waals surface area contributed by atoms with Crippen LogP contribution < -0.4 is 10.6 Å². The zero-order valence-corrected chi connectivity index (χ0v) is 13.0. The minimum Gasteiger partial charge on any atom is -0.357 e. The number of nitrogens with zero attached hydrogens (tertiary/aromatic N) is 3. The zero-order valence-electron chi connectivity index (χ0n) is 13.0. The summed E-state index contributed by atoms with van der Waals surface area (Å²) in [6.45, 7) is 4.47. The van der Waals surface area contributed by atoms with Crippen LogP contribution in [0.25, 0.3) is 0 Å². The Morgan fingerprint density at radius 2 is 2.05 bits per heavy atom. The van der Waals surface area contributed by atoms with Crippen molar-refractivity contribution < 1.29 is 0 Å². The van der Waals surface area contributed by atoms with Crippen LogP contribution in [0.4, 0.5) is 0 Å². The van der Waals surface area contributed by atoms with Gasteiger partial charge in [0.25, 0.3) is 0 Å². The SMILES string of the molecule is CCNC(=NCCc1ccccn1)NCCc1cccnc1. The van der Waals surface area contributed by atoms with Gasteiger partial charge in [0.15, 0.2) is 5.96 Å². The normalized spacial score (nSPS) is 11.2. The van der Waals surface area contributed by atoms with Crippen LogP contribution in [0.2, 0.25) is 0 Å². The molecule has 5 nitrogen and oxygen atoms in total. The Morgan fingerprint density at radius 3 is 2.77 bits per heavy atom. The quantitative estimate of drug-likeness (QED) is 0.604. The molecule has 0 aliphatic heterocycles. The van der Waals surface area contributed by atoms with Crippen molar-refractivity contribution in [2.45, 2.75) is 19.8 Å². The summed E-state index contributed by atoms with van der Waals surface area (Å²) in [5.74, 6) is 0.849. The van der Waals surface area contributed by atoms with E-state index in [1.807, 2.05) is 36.7 Å². The van der Waals surface area contributed by atoms with Gasteiger partial charge in [-0.05, 0) is 37.1 Å². The summed E-state index contributed by atoms with van der Waals surface area (Å²) in [5.41, 5.74) is 2.29. The smallest absolute Gasteiger partial charge is 0.191 e. The van der Waals surface area contributed by atoms with E-state index in [0.29, 0.717) is 0 Å². The summed E-state index contributed by atoms with van der Waals surface area (Å²) in [6.07, 6.45) is 7.28. The fourth-order valence-electron chi connectivity index (χ4n) is 2.04. The monoisotopic (exact) mass is 297 g/mol. The Morgan fingerprint density at radius 1 is 1.09 bits per heavy atom. The maximum atomic E-state index is 4.58. The molecule has 116 valence electrons. The second kappa shape index (κ2) is 9.50. The Kier molecular flexibility index (Phi) is 6.88. The summed E-state index contributed by atoms with van der Waals surface area (Å²) < 4.78 is 0. The first kappa shape index (κ1) is 15.9. The van der Waals surface area contributed by atoms with Gasteiger partial charge in [-0.3, -0.25) is 15.0 Å². The first-order valence-corrected chi connectivity index (χ1v) is 7.69. The van der Waals surface area contributed by atoms with Gasteiger partial charge >= 0.3 is 0 Å². The zero-order chi connectivity index (χ0) is 15.5. The number of pyridine rings is 2. The van der Waals surface area contributed by atoms with Gasteiger partial charge in [0.1, 0.15) is 0 Å². The standard InChI is InChI=1S/C17H23N5/c1-2-19-17(21-12-8-15-6-5-10-18-14-15)22-13-9-16-7-3-4-11-20-16/h3-7,10-11,14H,2,8-9,12-13H2,1H3,(H2,19,21,22). The molecule has 0 saturated heterocycles. The van der Waals surface area contributed by atoms with E-state index in [2.05, 4.69) is 38.6 Å². The molecule has 0 spiro atoms. The van der Waals surface area contributed by atoms with E-state index in [1.54, 1.807) is 6.20 Å². The molecule has 0 aromatic carbocycles. The molecule has 5 heteroatoms. The molecule has 2 aromatic heterocycles. The number of hydrogen-bond donors (Lipinski definition) is 2. The number of aliphatic imine (C=N–C) groups is 1. The van der Waals surface area contributed by atoms with Crippen molar-refractivity contribution >= 4 is 5.96 Å². The lowest BCUT2D eigenvalue weighted by molar-refractivity contribution is 0.792. The van der Waals surface area contributed by atoms with Crippen molar-refractivity contribution in [2.75, 3.05) is 19.6 Å². The lowest BCUT2D eigenvalue weighted by atomic mass is 10.2. The lowest BCUT2D eigenvalue weighted by Gasteiger charge is -2.11. The Balaban J connectivity index is 1.77. The molecule has 0 atom stereocenters. The first-order chi connectivity index (χ1) is 10.9. The topological polar surface area (TPSA) is 62.2 Å². The summed E-state index contributed by atoms with van der Waals surface area (Å²) in [5, 5.41) is 6.60. The molecule has 0 aliphatic rings. The van der Waals surface area contributed by atoms with E-state index in [1.165, 1.54) is 5.56 Å². The van der Waals surface area contributed by atoms with Gasteiger partial charge in [-0.1, -0.05) is 12.1 Å². The molecule has 2 rings (SSSR count). The van der Waals surface area contributed by atoms with Crippen LogP contribution in [0.15, 0.2) is 53.9 Å². The van der Waals surface area contributed by atoms with E-state index in [9.17, 15) is 0 Å². The molecule has 0 unspecified atom stereocenters. The van der Waals surface area contributed by atoms with Crippen LogP contribution in [-0.4, -0.2) is 35.6 Å². The molecule has 0 bridgehead atoms. The van der Waals surface area contributed by atoms with Crippen LogP contribution in [0.5, 0.6) is 0 Å². The third kappa shape index (κ3) is 5.91. The van der Waals surface area contributed by atoms with E-state index >= 15 is 0 Å². The molecule has 0 aliphatic carbocycles. The third-order valence-corrected chi connectivity index (χ3v) is 3.14. The maximum absolute atomic E-state index is 4.58. The number of rotatable bonds is 7. The van der Waals surface area contributed by atoms with Gasteiger partial charge in [0.05, 0.1) is 0 Å². The molecule has 2 heterocycles. The fourth-order valence-corrected chi connectivity index (χ4v) is 2.04. The summed E-state index contributed by atoms with van der Waals surface area (Å²) >= 11 is 0. The number of aromatic nitrogens is 2. The molecule has 2 N–H and O–H groups in total.